The van der Waals surface area contributed by atoms with Gasteiger partial charge in [0.25, 0.3) is 5.91 Å². The standard InChI is InChI=1S/C44H61N5O15/c1-4-34(53)45-17-11-16-30(52)27-19-29(49-21-28(47-48-49)26-14-9-6-10-15-26)40(64-44-39(57)38(56)36(54)23(2)60-44)31(20-27)62-43-35(46-24(3)51)41(37(55)33(22-50)63-43)61-32(42(58)59)18-25-12-7-5-8-13-25/h1,6,9-10,14-15,21,23,25,27,29,31-33,35-41,43-44,50,54-57H,5,7-8,11-13,16-20,22H2,2-3H3,(H,45,53)(H,46,51)(H,58,59)/t23?,27?,29?,31-,32+,33+,35?,36-,37+,38+,39?,40-,41?,43-,44+/m1/s1. The number of Topliss-reactive ketones (excluding diaryl/α,β-unsaturated/α-hetero) is 1. The highest BCUT2D eigenvalue weighted by atomic mass is 16.7. The first-order valence-electron chi connectivity index (χ1n) is 22.0. The SMILES string of the molecule is C#CC(=O)NCCCC(=O)C1CC(n2cc(-c3ccccc3)nn2)[C@@H](O[C@@H]2OC(C)[C@@H](O)[C@H](O)C2O)[C@H](O[C@@H]2O[C@@H](CO)[C@H](O)C(O[C@@H](CC3CCCCC3)C(=O)O)C2NC(C)=O)C1. The number of hydrogen-bond donors (Lipinski definition) is 8. The van der Waals surface area contributed by atoms with Gasteiger partial charge in [-0.25, -0.2) is 9.48 Å². The van der Waals surface area contributed by atoms with Crippen LogP contribution in [-0.2, 0) is 42.9 Å². The minimum Gasteiger partial charge on any atom is -0.479 e. The Morgan fingerprint density at radius 2 is 1.69 bits per heavy atom. The van der Waals surface area contributed by atoms with Gasteiger partial charge in [0.2, 0.25) is 5.91 Å². The molecule has 8 N–H and O–H groups in total. The first-order chi connectivity index (χ1) is 30.7. The summed E-state index contributed by atoms with van der Waals surface area (Å²) in [7, 11) is 0. The fourth-order valence-electron chi connectivity index (χ4n) is 9.23. The number of carboxylic acids is 1. The van der Waals surface area contributed by atoms with Crippen molar-refractivity contribution in [3.8, 4) is 23.6 Å². The summed E-state index contributed by atoms with van der Waals surface area (Å²) in [6.07, 6.45) is -5.68. The quantitative estimate of drug-likeness (QED) is 0.0721. The molecule has 2 aromatic rings. The van der Waals surface area contributed by atoms with E-state index in [0.29, 0.717) is 5.69 Å². The number of carbonyl (C=O) groups is 4. The molecule has 0 bridgehead atoms. The number of benzene rings is 1. The maximum Gasteiger partial charge on any atom is 0.332 e. The predicted molar refractivity (Wildman–Crippen MR) is 222 cm³/mol. The summed E-state index contributed by atoms with van der Waals surface area (Å²) in [5.41, 5.74) is 1.20. The van der Waals surface area contributed by atoms with Crippen LogP contribution in [-0.4, -0.2) is 162 Å². The number of nitrogens with zero attached hydrogens (tertiary/aromatic N) is 3. The highest BCUT2D eigenvalue weighted by Crippen LogP contribution is 2.41. The molecule has 15 atom stereocenters. The van der Waals surface area contributed by atoms with Crippen LogP contribution in [0.1, 0.15) is 84.1 Å². The van der Waals surface area contributed by atoms with Crippen molar-refractivity contribution < 1.29 is 73.5 Å². The molecular weight excluding hydrogens is 839 g/mol. The van der Waals surface area contributed by atoms with Crippen LogP contribution in [0.15, 0.2) is 36.5 Å². The van der Waals surface area contributed by atoms with Gasteiger partial charge in [0.15, 0.2) is 18.7 Å². The van der Waals surface area contributed by atoms with Crippen LogP contribution in [0.5, 0.6) is 0 Å². The van der Waals surface area contributed by atoms with Crippen molar-refractivity contribution >= 4 is 23.6 Å². The number of aliphatic carboxylic acids is 1. The summed E-state index contributed by atoms with van der Waals surface area (Å²) in [5, 5.41) is 79.0. The van der Waals surface area contributed by atoms with Gasteiger partial charge in [-0.2, -0.15) is 0 Å². The van der Waals surface area contributed by atoms with Crippen LogP contribution >= 0.6 is 0 Å². The maximum absolute atomic E-state index is 14.1. The Morgan fingerprint density at radius 1 is 0.953 bits per heavy atom. The molecule has 2 amide bonds. The van der Waals surface area contributed by atoms with Crippen molar-refractivity contribution in [2.45, 2.75) is 164 Å². The zero-order chi connectivity index (χ0) is 46.1. The summed E-state index contributed by atoms with van der Waals surface area (Å²) in [5.74, 6) is -1.51. The highest BCUT2D eigenvalue weighted by Gasteiger charge is 2.53. The van der Waals surface area contributed by atoms with Gasteiger partial charge in [-0.15, -0.1) is 11.5 Å². The van der Waals surface area contributed by atoms with E-state index in [-0.39, 0.29) is 50.4 Å². The molecule has 4 fully saturated rings. The second kappa shape index (κ2) is 22.7. The number of nitrogens with one attached hydrogen (secondary N) is 2. The number of aromatic nitrogens is 3. The Kier molecular flexibility index (Phi) is 17.4. The van der Waals surface area contributed by atoms with Crippen LogP contribution < -0.4 is 10.6 Å². The third-order valence-electron chi connectivity index (χ3n) is 12.7. The highest BCUT2D eigenvalue weighted by molar-refractivity contribution is 5.92. The Balaban J connectivity index is 1.38. The molecule has 6 rings (SSSR count). The van der Waals surface area contributed by atoms with Gasteiger partial charge >= 0.3 is 5.97 Å². The average Bonchev–Trinajstić information content (AvgIpc) is 3.79. The van der Waals surface area contributed by atoms with Crippen LogP contribution in [0.3, 0.4) is 0 Å². The molecule has 352 valence electrons. The molecule has 2 saturated carbocycles. The zero-order valence-electron chi connectivity index (χ0n) is 36.0. The molecule has 0 radical (unpaired) electrons. The van der Waals surface area contributed by atoms with Crippen molar-refractivity contribution in [1.29, 1.82) is 0 Å². The maximum atomic E-state index is 14.1. The number of terminal acetylenes is 1. The fourth-order valence-corrected chi connectivity index (χ4v) is 9.23. The van der Waals surface area contributed by atoms with E-state index >= 15 is 0 Å². The Bertz CT molecular complexity index is 1910. The van der Waals surface area contributed by atoms with Crippen molar-refractivity contribution in [1.82, 2.24) is 25.6 Å². The number of carboxylic acid groups (broad SMARTS) is 1. The smallest absolute Gasteiger partial charge is 0.332 e. The van der Waals surface area contributed by atoms with Crippen LogP contribution in [0.2, 0.25) is 0 Å². The molecule has 3 heterocycles. The number of carbonyl (C=O) groups excluding carboxylic acids is 3. The third-order valence-corrected chi connectivity index (χ3v) is 12.7. The Hall–Kier alpha value is -4.40. The molecule has 2 aliphatic heterocycles. The van der Waals surface area contributed by atoms with Gasteiger partial charge in [0.05, 0.1) is 31.1 Å². The second-order valence-corrected chi connectivity index (χ2v) is 17.2. The van der Waals surface area contributed by atoms with E-state index in [1.54, 1.807) is 6.20 Å². The summed E-state index contributed by atoms with van der Waals surface area (Å²) in [6.45, 7) is 2.05. The minimum atomic E-state index is -1.76. The number of aliphatic hydroxyl groups is 5. The number of amides is 2. The minimum absolute atomic E-state index is 0.0137. The van der Waals surface area contributed by atoms with Crippen molar-refractivity contribution in [2.24, 2.45) is 11.8 Å². The molecule has 2 saturated heterocycles. The molecule has 1 aromatic heterocycles. The molecule has 1 aromatic carbocycles. The third kappa shape index (κ3) is 12.1. The summed E-state index contributed by atoms with van der Waals surface area (Å²) >= 11 is 0. The molecular formula is C44H61N5O15. The number of ketones is 1. The monoisotopic (exact) mass is 899 g/mol. The normalized spacial score (nSPS) is 34.0. The van der Waals surface area contributed by atoms with E-state index in [2.05, 4.69) is 20.9 Å². The van der Waals surface area contributed by atoms with Crippen LogP contribution in [0, 0.1) is 24.2 Å². The van der Waals surface area contributed by atoms with Crippen LogP contribution in [0.4, 0.5) is 0 Å². The lowest BCUT2D eigenvalue weighted by Crippen LogP contribution is -2.67. The summed E-state index contributed by atoms with van der Waals surface area (Å²) in [6, 6.07) is 6.85. The molecule has 2 aliphatic carbocycles. The van der Waals surface area contributed by atoms with Crippen molar-refractivity contribution in [3.63, 3.8) is 0 Å². The van der Waals surface area contributed by atoms with E-state index in [1.807, 2.05) is 36.3 Å². The van der Waals surface area contributed by atoms with Crippen molar-refractivity contribution in [2.75, 3.05) is 13.2 Å². The van der Waals surface area contributed by atoms with E-state index in [0.717, 1.165) is 37.7 Å². The van der Waals surface area contributed by atoms with E-state index < -0.39 is 116 Å². The van der Waals surface area contributed by atoms with Gasteiger partial charge in [0, 0.05) is 31.4 Å². The van der Waals surface area contributed by atoms with E-state index in [9.17, 15) is 49.8 Å². The van der Waals surface area contributed by atoms with E-state index in [4.69, 9.17) is 30.1 Å². The van der Waals surface area contributed by atoms with Crippen LogP contribution in [0.25, 0.3) is 11.3 Å². The lowest BCUT2D eigenvalue weighted by molar-refractivity contribution is -0.337. The largest absolute Gasteiger partial charge is 0.479 e. The molecule has 20 heteroatoms. The van der Waals surface area contributed by atoms with Gasteiger partial charge in [-0.3, -0.25) is 14.4 Å². The van der Waals surface area contributed by atoms with Gasteiger partial charge in [-0.05, 0) is 44.4 Å². The molecule has 64 heavy (non-hydrogen) atoms. The van der Waals surface area contributed by atoms with E-state index in [1.165, 1.54) is 18.5 Å². The number of rotatable bonds is 18. The Morgan fingerprint density at radius 3 is 2.36 bits per heavy atom. The lowest BCUT2D eigenvalue weighted by Gasteiger charge is -2.49. The predicted octanol–water partition coefficient (Wildman–Crippen LogP) is -0.0156. The zero-order valence-corrected chi connectivity index (χ0v) is 36.0. The fraction of sp³-hybridized carbons (Fsp3) is 0.682. The average molecular weight is 900 g/mol. The van der Waals surface area contributed by atoms with Gasteiger partial charge in [0.1, 0.15) is 60.2 Å². The first-order valence-corrected chi connectivity index (χ1v) is 22.0. The van der Waals surface area contributed by atoms with Crippen molar-refractivity contribution in [3.05, 3.63) is 36.5 Å². The second-order valence-electron chi connectivity index (χ2n) is 17.2. The molecule has 20 nitrogen and oxygen atoms in total. The Labute approximate surface area is 370 Å². The summed E-state index contributed by atoms with van der Waals surface area (Å²) < 4.78 is 33.0. The molecule has 4 aliphatic rings. The van der Waals surface area contributed by atoms with Gasteiger partial charge < -0.3 is 65.0 Å². The topological polar surface area (TPSA) is 291 Å². The molecule has 6 unspecified atom stereocenters. The number of aliphatic hydroxyl groups excluding tert-OH is 5. The van der Waals surface area contributed by atoms with Gasteiger partial charge in [-0.1, -0.05) is 67.6 Å². The first kappa shape index (κ1) is 49.0. The molecule has 0 spiro atoms. The number of ether oxygens (including phenoxy) is 5. The number of hydrogen-bond acceptors (Lipinski definition) is 16. The summed E-state index contributed by atoms with van der Waals surface area (Å²) in [4.78, 5) is 51.4. The lowest BCUT2D eigenvalue weighted by atomic mass is 9.78.